The molecule has 0 aliphatic carbocycles. The summed E-state index contributed by atoms with van der Waals surface area (Å²) in [5, 5.41) is 11.1. The Morgan fingerprint density at radius 2 is 1.95 bits per heavy atom. The highest BCUT2D eigenvalue weighted by atomic mass is 15.5. The van der Waals surface area contributed by atoms with Crippen molar-refractivity contribution >= 4 is 11.0 Å². The van der Waals surface area contributed by atoms with Crippen LogP contribution in [0.25, 0.3) is 27.8 Å². The zero-order valence-corrected chi connectivity index (χ0v) is 11.2. The van der Waals surface area contributed by atoms with Gasteiger partial charge >= 0.3 is 0 Å². The molecule has 0 saturated carbocycles. The van der Waals surface area contributed by atoms with E-state index >= 15 is 0 Å². The number of nitrogens with zero attached hydrogens (tertiary/aromatic N) is 7. The van der Waals surface area contributed by atoms with Crippen molar-refractivity contribution in [3.8, 4) is 16.8 Å². The molecule has 0 atom stereocenters. The highest BCUT2D eigenvalue weighted by molar-refractivity contribution is 5.92. The number of hydrogen-bond acceptors (Lipinski definition) is 5. The van der Waals surface area contributed by atoms with E-state index in [1.54, 1.807) is 17.3 Å². The minimum Gasteiger partial charge on any atom is -0.347 e. The molecule has 0 fully saturated rings. The molecule has 0 unspecified atom stereocenters. The van der Waals surface area contributed by atoms with Crippen LogP contribution >= 0.6 is 0 Å². The Hall–Kier alpha value is -3.09. The SMILES string of the molecule is Cn1cc(-c2ccc(-n3cnnn3)cc2)c2ncncc21. The van der Waals surface area contributed by atoms with Crippen LogP contribution in [0.4, 0.5) is 0 Å². The van der Waals surface area contributed by atoms with Crippen LogP contribution in [0.3, 0.4) is 0 Å². The van der Waals surface area contributed by atoms with Crippen molar-refractivity contribution in [2.24, 2.45) is 7.05 Å². The Labute approximate surface area is 119 Å². The van der Waals surface area contributed by atoms with Crippen LogP contribution in [0.15, 0.2) is 49.3 Å². The summed E-state index contributed by atoms with van der Waals surface area (Å²) < 4.78 is 3.65. The molecule has 0 amide bonds. The molecule has 0 aliphatic rings. The van der Waals surface area contributed by atoms with Crippen LogP contribution in [0.5, 0.6) is 0 Å². The Morgan fingerprint density at radius 3 is 2.71 bits per heavy atom. The minimum absolute atomic E-state index is 0.915. The standard InChI is InChI=1S/C14H11N7/c1-20-7-12(14-13(20)6-15-8-16-14)10-2-4-11(5-3-10)21-9-17-18-19-21/h2-9H,1H3. The molecule has 7 nitrogen and oxygen atoms in total. The molecule has 7 heteroatoms. The molecule has 0 aliphatic heterocycles. The molecule has 102 valence electrons. The summed E-state index contributed by atoms with van der Waals surface area (Å²) in [6.07, 6.45) is 7.02. The zero-order chi connectivity index (χ0) is 14.2. The maximum Gasteiger partial charge on any atom is 0.143 e. The highest BCUT2D eigenvalue weighted by Crippen LogP contribution is 2.28. The van der Waals surface area contributed by atoms with E-state index in [0.717, 1.165) is 27.8 Å². The predicted molar refractivity (Wildman–Crippen MR) is 76.7 cm³/mol. The monoisotopic (exact) mass is 277 g/mol. The molecule has 0 bridgehead atoms. The first-order valence-electron chi connectivity index (χ1n) is 6.42. The van der Waals surface area contributed by atoms with Gasteiger partial charge < -0.3 is 4.57 Å². The first kappa shape index (κ1) is 11.7. The lowest BCUT2D eigenvalue weighted by Gasteiger charge is -2.02. The fraction of sp³-hybridized carbons (Fsp3) is 0.0714. The molecule has 4 rings (SSSR count). The fourth-order valence-corrected chi connectivity index (χ4v) is 2.40. The number of hydrogen-bond donors (Lipinski definition) is 0. The first-order valence-corrected chi connectivity index (χ1v) is 6.42. The smallest absolute Gasteiger partial charge is 0.143 e. The summed E-state index contributed by atoms with van der Waals surface area (Å²) in [7, 11) is 1.99. The third-order valence-electron chi connectivity index (χ3n) is 3.44. The second kappa shape index (κ2) is 4.48. The van der Waals surface area contributed by atoms with Gasteiger partial charge in [0.15, 0.2) is 0 Å². The number of aromatic nitrogens is 7. The van der Waals surface area contributed by atoms with Crippen LogP contribution < -0.4 is 0 Å². The van der Waals surface area contributed by atoms with E-state index in [0.29, 0.717) is 0 Å². The molecule has 0 saturated heterocycles. The summed E-state index contributed by atoms with van der Waals surface area (Å²) in [5.41, 5.74) is 5.05. The van der Waals surface area contributed by atoms with Gasteiger partial charge in [0.2, 0.25) is 0 Å². The van der Waals surface area contributed by atoms with E-state index in [9.17, 15) is 0 Å². The number of benzene rings is 1. The van der Waals surface area contributed by atoms with Crippen molar-refractivity contribution in [3.05, 3.63) is 49.3 Å². The van der Waals surface area contributed by atoms with Crippen molar-refractivity contribution in [3.63, 3.8) is 0 Å². The van der Waals surface area contributed by atoms with Crippen molar-refractivity contribution in [1.82, 2.24) is 34.7 Å². The summed E-state index contributed by atoms with van der Waals surface area (Å²) in [5.74, 6) is 0. The van der Waals surface area contributed by atoms with Crippen molar-refractivity contribution in [2.45, 2.75) is 0 Å². The maximum atomic E-state index is 4.38. The lowest BCUT2D eigenvalue weighted by molar-refractivity contribution is 0.789. The molecule has 21 heavy (non-hydrogen) atoms. The molecule has 0 spiro atoms. The quantitative estimate of drug-likeness (QED) is 0.556. The topological polar surface area (TPSA) is 74.3 Å². The zero-order valence-electron chi connectivity index (χ0n) is 11.2. The predicted octanol–water partition coefficient (Wildman–Crippen LogP) is 1.61. The van der Waals surface area contributed by atoms with Crippen molar-refractivity contribution < 1.29 is 0 Å². The second-order valence-electron chi connectivity index (χ2n) is 4.71. The molecule has 1 aromatic carbocycles. The summed E-state index contributed by atoms with van der Waals surface area (Å²) in [6.45, 7) is 0. The van der Waals surface area contributed by atoms with Crippen LogP contribution in [-0.4, -0.2) is 34.7 Å². The van der Waals surface area contributed by atoms with Gasteiger partial charge in [0.1, 0.15) is 12.7 Å². The summed E-state index contributed by atoms with van der Waals surface area (Å²) in [4.78, 5) is 8.45. The number of fused-ring (bicyclic) bond motifs is 1. The Bertz CT molecular complexity index is 891. The third kappa shape index (κ3) is 1.86. The minimum atomic E-state index is 0.915. The van der Waals surface area contributed by atoms with Crippen LogP contribution in [0.1, 0.15) is 0 Å². The van der Waals surface area contributed by atoms with Gasteiger partial charge in [-0.25, -0.2) is 14.6 Å². The fourth-order valence-electron chi connectivity index (χ4n) is 2.40. The van der Waals surface area contributed by atoms with Crippen LogP contribution in [0, 0.1) is 0 Å². The van der Waals surface area contributed by atoms with Gasteiger partial charge in [0, 0.05) is 18.8 Å². The van der Waals surface area contributed by atoms with Crippen LogP contribution in [-0.2, 0) is 7.05 Å². The number of aryl methyl sites for hydroxylation is 1. The van der Waals surface area contributed by atoms with Gasteiger partial charge in [-0.1, -0.05) is 12.1 Å². The van der Waals surface area contributed by atoms with Gasteiger partial charge in [-0.15, -0.1) is 5.10 Å². The lowest BCUT2D eigenvalue weighted by atomic mass is 10.1. The third-order valence-corrected chi connectivity index (χ3v) is 3.44. The van der Waals surface area contributed by atoms with Gasteiger partial charge in [-0.05, 0) is 28.1 Å². The molecule has 3 aromatic heterocycles. The number of tetrazole rings is 1. The highest BCUT2D eigenvalue weighted by Gasteiger charge is 2.10. The van der Waals surface area contributed by atoms with Crippen LogP contribution in [0.2, 0.25) is 0 Å². The lowest BCUT2D eigenvalue weighted by Crippen LogP contribution is -1.94. The Kier molecular flexibility index (Phi) is 2.50. The molecule has 3 heterocycles. The van der Waals surface area contributed by atoms with E-state index in [4.69, 9.17) is 0 Å². The van der Waals surface area contributed by atoms with Gasteiger partial charge in [-0.3, -0.25) is 0 Å². The van der Waals surface area contributed by atoms with Gasteiger partial charge in [0.05, 0.1) is 22.9 Å². The molecule has 0 N–H and O–H groups in total. The Balaban J connectivity index is 1.82. The summed E-state index contributed by atoms with van der Waals surface area (Å²) in [6, 6.07) is 8.03. The van der Waals surface area contributed by atoms with Gasteiger partial charge in [-0.2, -0.15) is 0 Å². The first-order chi connectivity index (χ1) is 10.3. The summed E-state index contributed by atoms with van der Waals surface area (Å²) >= 11 is 0. The van der Waals surface area contributed by atoms with Crippen molar-refractivity contribution in [1.29, 1.82) is 0 Å². The van der Waals surface area contributed by atoms with E-state index in [2.05, 4.69) is 31.7 Å². The van der Waals surface area contributed by atoms with Crippen molar-refractivity contribution in [2.75, 3.05) is 0 Å². The second-order valence-corrected chi connectivity index (χ2v) is 4.71. The normalized spacial score (nSPS) is 11.1. The average Bonchev–Trinajstić information content (AvgIpc) is 3.17. The maximum absolute atomic E-state index is 4.38. The molecule has 4 aromatic rings. The average molecular weight is 277 g/mol. The Morgan fingerprint density at radius 1 is 1.10 bits per heavy atom. The molecular weight excluding hydrogens is 266 g/mol. The van der Waals surface area contributed by atoms with E-state index in [1.807, 2.05) is 42.1 Å². The van der Waals surface area contributed by atoms with Gasteiger partial charge in [0.25, 0.3) is 0 Å². The molecule has 0 radical (unpaired) electrons. The van der Waals surface area contributed by atoms with E-state index < -0.39 is 0 Å². The number of rotatable bonds is 2. The largest absolute Gasteiger partial charge is 0.347 e. The van der Waals surface area contributed by atoms with E-state index in [1.165, 1.54) is 0 Å². The van der Waals surface area contributed by atoms with E-state index in [-0.39, 0.29) is 0 Å². The molecular formula is C14H11N7.